The minimum absolute atomic E-state index is 0.144. The fourth-order valence-corrected chi connectivity index (χ4v) is 13.9. The Morgan fingerprint density at radius 3 is 1.00 bits per heavy atom. The lowest BCUT2D eigenvalue weighted by Gasteiger charge is -2.33. The Balaban J connectivity index is 1.94. The minimum atomic E-state index is -4.94. The first-order valence-corrected chi connectivity index (χ1v) is 24.0. The van der Waals surface area contributed by atoms with Gasteiger partial charge in [-0.1, -0.05) is 136 Å². The molecule has 0 aliphatic rings. The maximum absolute atomic E-state index is 14.7. The molecule has 0 aliphatic heterocycles. The van der Waals surface area contributed by atoms with Crippen LogP contribution in [0.5, 0.6) is 0 Å². The van der Waals surface area contributed by atoms with Gasteiger partial charge in [-0.05, 0) is 82.6 Å². The Bertz CT molecular complexity index is 2120. The molecule has 10 nitrogen and oxygen atoms in total. The van der Waals surface area contributed by atoms with Crippen LogP contribution in [0.1, 0.15) is 87.0 Å². The molecule has 0 amide bonds. The molecule has 4 aromatic rings. The third-order valence-corrected chi connectivity index (χ3v) is 18.1. The van der Waals surface area contributed by atoms with E-state index in [0.717, 1.165) is 60.8 Å². The number of nitrogens with zero attached hydrogens (tertiary/aromatic N) is 2. The number of sulfonamides is 4. The molecule has 0 N–H and O–H groups in total. The van der Waals surface area contributed by atoms with Crippen LogP contribution in [0.15, 0.2) is 117 Å². The van der Waals surface area contributed by atoms with Crippen LogP contribution in [0, 0.1) is 27.7 Å². The monoisotopic (exact) mass is 816 g/mol. The Hall–Kier alpha value is -3.40. The van der Waals surface area contributed by atoms with Gasteiger partial charge in [0.1, 0.15) is 0 Å². The molecule has 0 saturated carbocycles. The van der Waals surface area contributed by atoms with E-state index in [-0.39, 0.29) is 29.7 Å². The highest BCUT2D eigenvalue weighted by molar-refractivity contribution is 8.04. The first-order chi connectivity index (χ1) is 25.4. The standard InChI is InChI=1S/C40H52N2O8S4/c1-6-7-8-9-10-11-12-13-14-36(42(53(47,48)39-27-19-34(4)20-28-39)54(49,50)40-29-21-35(5)22-30-40)31-41(51(43,44)37-23-15-32(2)16-24-37)52(45,46)38-25-17-33(3)18-26-38/h15-30,36H,6-14,31H2,1-5H3. The van der Waals surface area contributed by atoms with Gasteiger partial charge in [-0.3, -0.25) is 0 Å². The highest BCUT2D eigenvalue weighted by atomic mass is 32.3. The van der Waals surface area contributed by atoms with Crippen LogP contribution in [-0.4, -0.2) is 53.7 Å². The molecule has 0 aliphatic carbocycles. The maximum atomic E-state index is 14.7. The van der Waals surface area contributed by atoms with E-state index in [1.54, 1.807) is 27.7 Å². The number of rotatable bonds is 20. The summed E-state index contributed by atoms with van der Waals surface area (Å²) >= 11 is 0. The number of aryl methyl sites for hydroxylation is 4. The van der Waals surface area contributed by atoms with E-state index >= 15 is 0 Å². The molecule has 0 fully saturated rings. The van der Waals surface area contributed by atoms with Crippen molar-refractivity contribution >= 4 is 40.1 Å². The molecular weight excluding hydrogens is 765 g/mol. The van der Waals surface area contributed by atoms with Crippen molar-refractivity contribution in [2.45, 2.75) is 118 Å². The van der Waals surface area contributed by atoms with Crippen molar-refractivity contribution in [2.75, 3.05) is 6.54 Å². The predicted octanol–water partition coefficient (Wildman–Crippen LogP) is 8.28. The van der Waals surface area contributed by atoms with Crippen molar-refractivity contribution < 1.29 is 33.7 Å². The average molecular weight is 817 g/mol. The molecule has 294 valence electrons. The van der Waals surface area contributed by atoms with Crippen LogP contribution < -0.4 is 0 Å². The van der Waals surface area contributed by atoms with Gasteiger partial charge in [-0.25, -0.2) is 33.7 Å². The molecule has 4 rings (SSSR count). The Morgan fingerprint density at radius 1 is 0.407 bits per heavy atom. The molecule has 1 atom stereocenters. The lowest BCUT2D eigenvalue weighted by atomic mass is 10.1. The maximum Gasteiger partial charge on any atom is 0.256 e. The van der Waals surface area contributed by atoms with Crippen LogP contribution in [0.3, 0.4) is 0 Å². The molecule has 0 bridgehead atoms. The summed E-state index contributed by atoms with van der Waals surface area (Å²) in [5, 5.41) is 0. The zero-order valence-corrected chi connectivity index (χ0v) is 34.9. The summed E-state index contributed by atoms with van der Waals surface area (Å²) in [6.45, 7) is 8.14. The van der Waals surface area contributed by atoms with Gasteiger partial charge < -0.3 is 0 Å². The van der Waals surface area contributed by atoms with E-state index in [4.69, 9.17) is 0 Å². The molecule has 54 heavy (non-hydrogen) atoms. The molecule has 0 spiro atoms. The van der Waals surface area contributed by atoms with Gasteiger partial charge in [-0.2, -0.15) is 0 Å². The molecule has 0 aromatic heterocycles. The molecule has 1 unspecified atom stereocenters. The van der Waals surface area contributed by atoms with Crippen molar-refractivity contribution in [3.05, 3.63) is 119 Å². The van der Waals surface area contributed by atoms with Gasteiger partial charge in [0.25, 0.3) is 40.1 Å². The highest BCUT2D eigenvalue weighted by Crippen LogP contribution is 2.33. The fourth-order valence-electron chi connectivity index (χ4n) is 6.08. The summed E-state index contributed by atoms with van der Waals surface area (Å²) in [6.07, 6.45) is 6.79. The van der Waals surface area contributed by atoms with E-state index in [1.165, 1.54) is 97.1 Å². The molecular formula is C40H52N2O8S4. The first kappa shape index (κ1) is 43.3. The summed E-state index contributed by atoms with van der Waals surface area (Å²) in [7, 11) is -19.7. The lowest BCUT2D eigenvalue weighted by molar-refractivity contribution is 0.351. The second kappa shape index (κ2) is 18.5. The van der Waals surface area contributed by atoms with Crippen molar-refractivity contribution in [1.82, 2.24) is 7.42 Å². The number of hydrogen-bond acceptors (Lipinski definition) is 8. The zero-order valence-electron chi connectivity index (χ0n) is 31.7. The molecule has 0 saturated heterocycles. The molecule has 4 aromatic carbocycles. The lowest BCUT2D eigenvalue weighted by Crippen LogP contribution is -2.52. The van der Waals surface area contributed by atoms with Crippen LogP contribution in [0.2, 0.25) is 0 Å². The SMILES string of the molecule is CCCCCCCCCCC(CN(S(=O)(=O)c1ccc(C)cc1)S(=O)(=O)c1ccc(C)cc1)N(S(=O)(=O)c1ccc(C)cc1)S(=O)(=O)c1ccc(C)cc1. The summed E-state index contributed by atoms with van der Waals surface area (Å²) in [6, 6.07) is 20.9. The summed E-state index contributed by atoms with van der Waals surface area (Å²) in [4.78, 5) is -1.36. The van der Waals surface area contributed by atoms with Crippen LogP contribution in [0.4, 0.5) is 0 Å². The van der Waals surface area contributed by atoms with Gasteiger partial charge in [0.2, 0.25) is 0 Å². The van der Waals surface area contributed by atoms with E-state index in [1.807, 2.05) is 0 Å². The van der Waals surface area contributed by atoms with Gasteiger partial charge in [-0.15, -0.1) is 0 Å². The second-order valence-corrected chi connectivity index (χ2v) is 21.7. The molecule has 0 radical (unpaired) electrons. The Labute approximate surface area is 323 Å². The zero-order chi connectivity index (χ0) is 39.7. The van der Waals surface area contributed by atoms with Crippen molar-refractivity contribution in [2.24, 2.45) is 0 Å². The van der Waals surface area contributed by atoms with E-state index in [9.17, 15) is 33.7 Å². The van der Waals surface area contributed by atoms with Gasteiger partial charge in [0.15, 0.2) is 0 Å². The van der Waals surface area contributed by atoms with Crippen molar-refractivity contribution in [3.8, 4) is 0 Å². The largest absolute Gasteiger partial charge is 0.256 e. The third kappa shape index (κ3) is 10.5. The summed E-state index contributed by atoms with van der Waals surface area (Å²) in [5.41, 5.74) is 2.93. The summed E-state index contributed by atoms with van der Waals surface area (Å²) in [5.74, 6) is 0. The van der Waals surface area contributed by atoms with E-state index in [0.29, 0.717) is 16.6 Å². The van der Waals surface area contributed by atoms with Gasteiger partial charge in [0.05, 0.1) is 25.6 Å². The normalized spacial score (nSPS) is 13.4. The number of benzene rings is 4. The first-order valence-electron chi connectivity index (χ1n) is 18.3. The topological polar surface area (TPSA) is 143 Å². The Morgan fingerprint density at radius 2 is 0.685 bits per heavy atom. The van der Waals surface area contributed by atoms with Gasteiger partial charge >= 0.3 is 0 Å². The van der Waals surface area contributed by atoms with Gasteiger partial charge in [0, 0.05) is 6.54 Å². The Kier molecular flexibility index (Phi) is 14.8. The number of hydrogen-bond donors (Lipinski definition) is 0. The summed E-state index contributed by atoms with van der Waals surface area (Å²) < 4.78 is 118. The van der Waals surface area contributed by atoms with Crippen LogP contribution in [0.25, 0.3) is 0 Å². The predicted molar refractivity (Wildman–Crippen MR) is 213 cm³/mol. The van der Waals surface area contributed by atoms with E-state index in [2.05, 4.69) is 6.92 Å². The average Bonchev–Trinajstić information content (AvgIpc) is 3.12. The van der Waals surface area contributed by atoms with E-state index < -0.39 is 52.7 Å². The molecule has 14 heteroatoms. The quantitative estimate of drug-likeness (QED) is 0.0812. The molecule has 0 heterocycles. The minimum Gasteiger partial charge on any atom is -0.206 e. The smallest absolute Gasteiger partial charge is 0.206 e. The van der Waals surface area contributed by atoms with Crippen molar-refractivity contribution in [1.29, 1.82) is 0 Å². The second-order valence-electron chi connectivity index (χ2n) is 13.9. The highest BCUT2D eigenvalue weighted by Gasteiger charge is 2.46. The number of unbranched alkanes of at least 4 members (excludes halogenated alkanes) is 7. The van der Waals surface area contributed by atoms with Crippen LogP contribution in [-0.2, 0) is 40.1 Å². The van der Waals surface area contributed by atoms with Crippen LogP contribution >= 0.6 is 0 Å². The van der Waals surface area contributed by atoms with Crippen molar-refractivity contribution in [3.63, 3.8) is 0 Å². The third-order valence-electron chi connectivity index (χ3n) is 9.33. The fraction of sp³-hybridized carbons (Fsp3) is 0.400.